The maximum atomic E-state index is 12.2. The Morgan fingerprint density at radius 3 is 2.55 bits per heavy atom. The van der Waals surface area contributed by atoms with Gasteiger partial charge in [0.1, 0.15) is 0 Å². The van der Waals surface area contributed by atoms with Crippen molar-refractivity contribution in [2.75, 3.05) is 27.2 Å². The summed E-state index contributed by atoms with van der Waals surface area (Å²) < 4.78 is 32.6. The average molecular weight is 307 g/mol. The van der Waals surface area contributed by atoms with Gasteiger partial charge in [0.25, 0.3) is 10.2 Å². The Labute approximate surface area is 121 Å². The van der Waals surface area contributed by atoms with E-state index in [1.54, 1.807) is 0 Å². The fraction of sp³-hybridized carbons (Fsp3) is 0.917. The second-order valence-corrected chi connectivity index (χ2v) is 6.97. The Morgan fingerprint density at radius 2 is 2.05 bits per heavy atom. The molecule has 0 aromatic heterocycles. The van der Waals surface area contributed by atoms with Crippen LogP contribution in [0.2, 0.25) is 0 Å². The first-order valence-electron chi connectivity index (χ1n) is 6.91. The number of rotatable bonds is 8. The summed E-state index contributed by atoms with van der Waals surface area (Å²) in [7, 11) is -0.902. The first kappa shape index (κ1) is 17.4. The second kappa shape index (κ2) is 7.92. The van der Waals surface area contributed by atoms with Gasteiger partial charge in [-0.2, -0.15) is 17.4 Å². The van der Waals surface area contributed by atoms with Crippen LogP contribution in [0.4, 0.5) is 0 Å². The van der Waals surface area contributed by atoms with Gasteiger partial charge in [0.2, 0.25) is 0 Å². The number of hydrogen-bond acceptors (Lipinski definition) is 5. The Balaban J connectivity index is 2.55. The Hall–Kier alpha value is -0.700. The summed E-state index contributed by atoms with van der Waals surface area (Å²) in [6.07, 6.45) is 4.30. The van der Waals surface area contributed by atoms with Crippen molar-refractivity contribution in [2.24, 2.45) is 11.7 Å². The van der Waals surface area contributed by atoms with Gasteiger partial charge >= 0.3 is 5.97 Å². The second-order valence-electron chi connectivity index (χ2n) is 5.16. The molecular weight excluding hydrogens is 282 g/mol. The molecule has 1 aliphatic rings. The van der Waals surface area contributed by atoms with E-state index in [0.29, 0.717) is 5.92 Å². The van der Waals surface area contributed by atoms with Crippen LogP contribution in [0, 0.1) is 5.92 Å². The molecule has 0 aliphatic heterocycles. The molecule has 0 heterocycles. The van der Waals surface area contributed by atoms with Gasteiger partial charge in [-0.15, -0.1) is 0 Å². The van der Waals surface area contributed by atoms with E-state index in [9.17, 15) is 13.2 Å². The van der Waals surface area contributed by atoms with Gasteiger partial charge < -0.3 is 10.5 Å². The van der Waals surface area contributed by atoms with Crippen molar-refractivity contribution in [3.8, 4) is 0 Å². The van der Waals surface area contributed by atoms with E-state index < -0.39 is 16.2 Å². The number of nitrogens with zero attached hydrogens (tertiary/aromatic N) is 1. The molecule has 0 aromatic rings. The topological polar surface area (TPSA) is 102 Å². The van der Waals surface area contributed by atoms with Crippen LogP contribution in [0.15, 0.2) is 0 Å². The third-order valence-electron chi connectivity index (χ3n) is 3.79. The van der Waals surface area contributed by atoms with E-state index in [1.165, 1.54) is 14.2 Å². The van der Waals surface area contributed by atoms with E-state index in [0.717, 1.165) is 30.0 Å². The van der Waals surface area contributed by atoms with Crippen LogP contribution in [0.25, 0.3) is 0 Å². The van der Waals surface area contributed by atoms with E-state index in [2.05, 4.69) is 9.46 Å². The molecule has 118 valence electrons. The van der Waals surface area contributed by atoms with Crippen molar-refractivity contribution in [1.82, 2.24) is 9.03 Å². The van der Waals surface area contributed by atoms with Gasteiger partial charge in [-0.1, -0.05) is 12.8 Å². The summed E-state index contributed by atoms with van der Waals surface area (Å²) in [5.74, 6) is -0.123. The monoisotopic (exact) mass is 307 g/mol. The van der Waals surface area contributed by atoms with Crippen molar-refractivity contribution in [3.63, 3.8) is 0 Å². The van der Waals surface area contributed by atoms with Crippen molar-refractivity contribution in [1.29, 1.82) is 0 Å². The number of ether oxygens (including phenoxy) is 1. The van der Waals surface area contributed by atoms with Gasteiger partial charge in [0.05, 0.1) is 13.5 Å². The molecule has 1 unspecified atom stereocenters. The summed E-state index contributed by atoms with van der Waals surface area (Å²) in [6.45, 7) is 0.374. The standard InChI is InChI=1S/C12H25N3O4S/c1-15(8-7-12(16)19-2)20(17,18)14-11(9-13)10-5-3-4-6-10/h10-11,14H,3-9,13H2,1-2H3. The lowest BCUT2D eigenvalue weighted by atomic mass is 9.99. The largest absolute Gasteiger partial charge is 0.469 e. The van der Waals surface area contributed by atoms with Crippen LogP contribution < -0.4 is 10.5 Å². The van der Waals surface area contributed by atoms with Crippen LogP contribution in [0.1, 0.15) is 32.1 Å². The number of hydrogen-bond donors (Lipinski definition) is 2. The zero-order valence-electron chi connectivity index (χ0n) is 12.2. The lowest BCUT2D eigenvalue weighted by molar-refractivity contribution is -0.140. The SMILES string of the molecule is COC(=O)CCN(C)S(=O)(=O)NC(CN)C1CCCC1. The van der Waals surface area contributed by atoms with Gasteiger partial charge in [-0.25, -0.2) is 0 Å². The van der Waals surface area contributed by atoms with Crippen molar-refractivity contribution < 1.29 is 17.9 Å². The Kier molecular flexibility index (Phi) is 6.87. The number of esters is 1. The molecule has 1 atom stereocenters. The lowest BCUT2D eigenvalue weighted by Gasteiger charge is -2.26. The van der Waals surface area contributed by atoms with E-state index in [1.807, 2.05) is 0 Å². The molecule has 1 aliphatic carbocycles. The predicted octanol–water partition coefficient (Wildman–Crippen LogP) is -0.167. The van der Waals surface area contributed by atoms with Gasteiger partial charge in [0.15, 0.2) is 0 Å². The van der Waals surface area contributed by atoms with Crippen molar-refractivity contribution >= 4 is 16.2 Å². The van der Waals surface area contributed by atoms with E-state index in [-0.39, 0.29) is 25.6 Å². The zero-order chi connectivity index (χ0) is 15.2. The molecule has 1 rings (SSSR count). The number of carbonyl (C=O) groups excluding carboxylic acids is 1. The molecular formula is C12H25N3O4S. The van der Waals surface area contributed by atoms with Crippen LogP contribution in [0.3, 0.4) is 0 Å². The third kappa shape index (κ3) is 5.01. The van der Waals surface area contributed by atoms with Gasteiger partial charge in [-0.05, 0) is 18.8 Å². The highest BCUT2D eigenvalue weighted by Gasteiger charge is 2.29. The van der Waals surface area contributed by atoms with Crippen molar-refractivity contribution in [2.45, 2.75) is 38.1 Å². The highest BCUT2D eigenvalue weighted by Crippen LogP contribution is 2.27. The Morgan fingerprint density at radius 1 is 1.45 bits per heavy atom. The van der Waals surface area contributed by atoms with Crippen molar-refractivity contribution in [3.05, 3.63) is 0 Å². The molecule has 1 fully saturated rings. The summed E-state index contributed by atoms with van der Waals surface area (Å²) in [5, 5.41) is 0. The Bertz CT molecular complexity index is 407. The molecule has 8 heteroatoms. The molecule has 0 spiro atoms. The van der Waals surface area contributed by atoms with E-state index in [4.69, 9.17) is 5.73 Å². The predicted molar refractivity (Wildman–Crippen MR) is 76.1 cm³/mol. The lowest BCUT2D eigenvalue weighted by Crippen LogP contribution is -2.49. The van der Waals surface area contributed by atoms with Crippen LogP contribution in [-0.2, 0) is 19.7 Å². The highest BCUT2D eigenvalue weighted by atomic mass is 32.2. The number of nitrogens with one attached hydrogen (secondary N) is 1. The molecule has 0 aromatic carbocycles. The summed E-state index contributed by atoms with van der Waals surface area (Å²) in [6, 6.07) is -0.233. The maximum Gasteiger partial charge on any atom is 0.306 e. The van der Waals surface area contributed by atoms with Gasteiger partial charge in [-0.3, -0.25) is 4.79 Å². The molecule has 0 radical (unpaired) electrons. The molecule has 0 amide bonds. The smallest absolute Gasteiger partial charge is 0.306 e. The summed E-state index contributed by atoms with van der Waals surface area (Å²) >= 11 is 0. The minimum Gasteiger partial charge on any atom is -0.469 e. The van der Waals surface area contributed by atoms with Crippen LogP contribution >= 0.6 is 0 Å². The van der Waals surface area contributed by atoms with Crippen LogP contribution in [-0.4, -0.2) is 52.0 Å². The summed E-state index contributed by atoms with van der Waals surface area (Å²) in [4.78, 5) is 11.0. The highest BCUT2D eigenvalue weighted by molar-refractivity contribution is 7.87. The third-order valence-corrected chi connectivity index (χ3v) is 5.40. The normalized spacial score (nSPS) is 18.4. The molecule has 3 N–H and O–H groups in total. The minimum atomic E-state index is -3.62. The molecule has 1 saturated carbocycles. The molecule has 0 bridgehead atoms. The average Bonchev–Trinajstić information content (AvgIpc) is 2.95. The summed E-state index contributed by atoms with van der Waals surface area (Å²) in [5.41, 5.74) is 5.68. The maximum absolute atomic E-state index is 12.2. The quantitative estimate of drug-likeness (QED) is 0.606. The zero-order valence-corrected chi connectivity index (χ0v) is 13.0. The number of nitrogens with two attached hydrogens (primary N) is 1. The molecule has 7 nitrogen and oxygen atoms in total. The van der Waals surface area contributed by atoms with Crippen LogP contribution in [0.5, 0.6) is 0 Å². The molecule has 20 heavy (non-hydrogen) atoms. The first-order chi connectivity index (χ1) is 9.40. The fourth-order valence-electron chi connectivity index (χ4n) is 2.45. The van der Waals surface area contributed by atoms with Gasteiger partial charge in [0, 0.05) is 26.2 Å². The fourth-order valence-corrected chi connectivity index (χ4v) is 3.63. The number of carbonyl (C=O) groups is 1. The molecule has 0 saturated heterocycles. The van der Waals surface area contributed by atoms with E-state index >= 15 is 0 Å². The first-order valence-corrected chi connectivity index (χ1v) is 8.35. The number of methoxy groups -OCH3 is 1. The minimum absolute atomic E-state index is 0.0324.